The van der Waals surface area contributed by atoms with Crippen molar-refractivity contribution in [3.63, 3.8) is 0 Å². The summed E-state index contributed by atoms with van der Waals surface area (Å²) in [7, 11) is 1.71. The highest BCUT2D eigenvalue weighted by atomic mass is 127. The number of guanidine groups is 1. The third kappa shape index (κ3) is 10.4. The van der Waals surface area contributed by atoms with Crippen LogP contribution in [0.1, 0.15) is 32.8 Å². The Kier molecular flexibility index (Phi) is 12.8. The molecule has 1 aromatic rings. The molecule has 1 aromatic carbocycles. The van der Waals surface area contributed by atoms with E-state index >= 15 is 0 Å². The summed E-state index contributed by atoms with van der Waals surface area (Å²) in [6, 6.07) is 8.08. The van der Waals surface area contributed by atoms with Gasteiger partial charge in [-0.25, -0.2) is 4.99 Å². The van der Waals surface area contributed by atoms with Gasteiger partial charge in [0, 0.05) is 26.8 Å². The summed E-state index contributed by atoms with van der Waals surface area (Å²) in [4.78, 5) is 4.58. The number of aliphatic imine (C=N–C) groups is 1. The zero-order valence-corrected chi connectivity index (χ0v) is 16.9. The highest BCUT2D eigenvalue weighted by Gasteiger charge is 1.99. The zero-order valence-electron chi connectivity index (χ0n) is 14.6. The van der Waals surface area contributed by atoms with E-state index in [0.29, 0.717) is 6.54 Å². The molecule has 0 aliphatic rings. The van der Waals surface area contributed by atoms with Crippen molar-refractivity contribution in [1.82, 2.24) is 10.6 Å². The van der Waals surface area contributed by atoms with Crippen LogP contribution in [0.3, 0.4) is 0 Å². The minimum atomic E-state index is 0. The molecule has 1 rings (SSSR count). The van der Waals surface area contributed by atoms with Crippen molar-refractivity contribution in [2.45, 2.75) is 39.8 Å². The summed E-state index contributed by atoms with van der Waals surface area (Å²) in [5.74, 6) is 1.73. The lowest BCUT2D eigenvalue weighted by Crippen LogP contribution is -2.38. The van der Waals surface area contributed by atoms with Crippen molar-refractivity contribution in [2.24, 2.45) is 4.99 Å². The largest absolute Gasteiger partial charge is 0.491 e. The lowest BCUT2D eigenvalue weighted by molar-refractivity contribution is 0.195. The molecule has 0 saturated carbocycles. The Morgan fingerprint density at radius 2 is 1.87 bits per heavy atom. The average Bonchev–Trinajstić information content (AvgIpc) is 2.50. The first-order valence-electron chi connectivity index (χ1n) is 7.92. The normalized spacial score (nSPS) is 11.1. The average molecular weight is 435 g/mol. The number of hydrogen-bond donors (Lipinski definition) is 2. The maximum absolute atomic E-state index is 5.64. The van der Waals surface area contributed by atoms with Crippen LogP contribution in [0.2, 0.25) is 0 Å². The summed E-state index contributed by atoms with van der Waals surface area (Å²) in [5.41, 5.74) is 1.16. The van der Waals surface area contributed by atoms with Crippen LogP contribution in [0.15, 0.2) is 29.3 Å². The third-order valence-corrected chi connectivity index (χ3v) is 2.88. The number of benzene rings is 1. The van der Waals surface area contributed by atoms with Gasteiger partial charge in [0.25, 0.3) is 0 Å². The van der Waals surface area contributed by atoms with Gasteiger partial charge in [0.05, 0.1) is 12.6 Å². The predicted octanol–water partition coefficient (Wildman–Crippen LogP) is 3.18. The van der Waals surface area contributed by atoms with E-state index in [1.807, 2.05) is 26.0 Å². The van der Waals surface area contributed by atoms with Crippen molar-refractivity contribution in [3.8, 4) is 5.75 Å². The van der Waals surface area contributed by atoms with Gasteiger partial charge < -0.3 is 20.1 Å². The Morgan fingerprint density at radius 3 is 2.43 bits per heavy atom. The summed E-state index contributed by atoms with van der Waals surface area (Å²) in [6.07, 6.45) is 1.16. The van der Waals surface area contributed by atoms with Crippen molar-refractivity contribution < 1.29 is 9.47 Å². The molecule has 5 nitrogen and oxygen atoms in total. The van der Waals surface area contributed by atoms with Gasteiger partial charge in [-0.3, -0.25) is 0 Å². The Hall–Kier alpha value is -1.02. The van der Waals surface area contributed by atoms with Gasteiger partial charge >= 0.3 is 0 Å². The Labute approximate surface area is 157 Å². The lowest BCUT2D eigenvalue weighted by Gasteiger charge is -2.12. The van der Waals surface area contributed by atoms with E-state index in [0.717, 1.165) is 43.4 Å². The molecule has 2 N–H and O–H groups in total. The molecular weight excluding hydrogens is 405 g/mol. The predicted molar refractivity (Wildman–Crippen MR) is 107 cm³/mol. The van der Waals surface area contributed by atoms with Crippen molar-refractivity contribution >= 4 is 29.9 Å². The Morgan fingerprint density at radius 1 is 1.17 bits per heavy atom. The van der Waals surface area contributed by atoms with Gasteiger partial charge in [-0.05, 0) is 44.9 Å². The third-order valence-electron chi connectivity index (χ3n) is 2.88. The van der Waals surface area contributed by atoms with E-state index in [4.69, 9.17) is 9.47 Å². The molecule has 0 bridgehead atoms. The molecule has 0 saturated heterocycles. The van der Waals surface area contributed by atoms with Crippen LogP contribution in [0.5, 0.6) is 5.75 Å². The maximum Gasteiger partial charge on any atom is 0.191 e. The molecule has 0 atom stereocenters. The minimum absolute atomic E-state index is 0. The molecule has 0 heterocycles. The first-order chi connectivity index (χ1) is 10.7. The molecule has 6 heteroatoms. The number of rotatable bonds is 9. The molecule has 0 amide bonds. The highest BCUT2D eigenvalue weighted by molar-refractivity contribution is 14.0. The number of hydrogen-bond acceptors (Lipinski definition) is 3. The van der Waals surface area contributed by atoms with E-state index in [1.54, 1.807) is 7.11 Å². The Balaban J connectivity index is 0.00000484. The minimum Gasteiger partial charge on any atom is -0.491 e. The molecule has 0 aromatic heterocycles. The van der Waals surface area contributed by atoms with Crippen LogP contribution in [-0.2, 0) is 11.3 Å². The monoisotopic (exact) mass is 435 g/mol. The second kappa shape index (κ2) is 13.4. The zero-order chi connectivity index (χ0) is 16.2. The topological polar surface area (TPSA) is 54.9 Å². The highest BCUT2D eigenvalue weighted by Crippen LogP contribution is 2.14. The fraction of sp³-hybridized carbons (Fsp3) is 0.588. The van der Waals surface area contributed by atoms with E-state index in [2.05, 4.69) is 34.7 Å². The van der Waals surface area contributed by atoms with Crippen molar-refractivity contribution in [3.05, 3.63) is 29.8 Å². The SMILES string of the molecule is CCNC(=NCc1ccc(OC(C)C)cc1)NCCCOC.I. The summed E-state index contributed by atoms with van der Waals surface area (Å²) in [6.45, 7) is 9.19. The molecule has 0 radical (unpaired) electrons. The molecule has 0 spiro atoms. The molecule has 0 unspecified atom stereocenters. The van der Waals surface area contributed by atoms with Crippen LogP contribution < -0.4 is 15.4 Å². The smallest absolute Gasteiger partial charge is 0.191 e. The molecular formula is C17H30IN3O2. The van der Waals surface area contributed by atoms with E-state index in [9.17, 15) is 0 Å². The second-order valence-corrected chi connectivity index (χ2v) is 5.28. The summed E-state index contributed by atoms with van der Waals surface area (Å²) >= 11 is 0. The van der Waals surface area contributed by atoms with Crippen LogP contribution >= 0.6 is 24.0 Å². The van der Waals surface area contributed by atoms with Gasteiger partial charge in [-0.2, -0.15) is 0 Å². The standard InChI is InChI=1S/C17H29N3O2.HI/c1-5-18-17(19-11-6-12-21-4)20-13-15-7-9-16(10-8-15)22-14(2)3;/h7-10,14H,5-6,11-13H2,1-4H3,(H2,18,19,20);1H. The fourth-order valence-corrected chi connectivity index (χ4v) is 1.88. The maximum atomic E-state index is 5.64. The summed E-state index contributed by atoms with van der Waals surface area (Å²) < 4.78 is 10.7. The lowest BCUT2D eigenvalue weighted by atomic mass is 10.2. The summed E-state index contributed by atoms with van der Waals surface area (Å²) in [5, 5.41) is 6.54. The van der Waals surface area contributed by atoms with E-state index in [-0.39, 0.29) is 30.1 Å². The molecule has 0 aliphatic heterocycles. The van der Waals surface area contributed by atoms with Crippen LogP contribution in [0.25, 0.3) is 0 Å². The Bertz CT molecular complexity index is 436. The number of nitrogens with one attached hydrogen (secondary N) is 2. The number of ether oxygens (including phenoxy) is 2. The molecule has 23 heavy (non-hydrogen) atoms. The number of methoxy groups -OCH3 is 1. The van der Waals surface area contributed by atoms with Crippen molar-refractivity contribution in [2.75, 3.05) is 26.8 Å². The quantitative estimate of drug-likeness (QED) is 0.271. The first kappa shape index (κ1) is 22.0. The molecule has 132 valence electrons. The number of halogens is 1. The van der Waals surface area contributed by atoms with Crippen LogP contribution in [0.4, 0.5) is 0 Å². The van der Waals surface area contributed by atoms with Gasteiger partial charge in [-0.1, -0.05) is 12.1 Å². The van der Waals surface area contributed by atoms with E-state index < -0.39 is 0 Å². The van der Waals surface area contributed by atoms with Gasteiger partial charge in [0.2, 0.25) is 0 Å². The molecule has 0 fully saturated rings. The van der Waals surface area contributed by atoms with Gasteiger partial charge in [0.1, 0.15) is 5.75 Å². The number of nitrogens with zero attached hydrogens (tertiary/aromatic N) is 1. The van der Waals surface area contributed by atoms with Crippen LogP contribution in [-0.4, -0.2) is 38.9 Å². The van der Waals surface area contributed by atoms with E-state index in [1.165, 1.54) is 0 Å². The van der Waals surface area contributed by atoms with Crippen LogP contribution in [0, 0.1) is 0 Å². The van der Waals surface area contributed by atoms with Crippen molar-refractivity contribution in [1.29, 1.82) is 0 Å². The van der Waals surface area contributed by atoms with Gasteiger partial charge in [-0.15, -0.1) is 24.0 Å². The first-order valence-corrected chi connectivity index (χ1v) is 7.92. The second-order valence-electron chi connectivity index (χ2n) is 5.28. The van der Waals surface area contributed by atoms with Gasteiger partial charge in [0.15, 0.2) is 5.96 Å². The fourth-order valence-electron chi connectivity index (χ4n) is 1.88. The molecule has 0 aliphatic carbocycles.